The molecule has 3 rings (SSSR count). The van der Waals surface area contributed by atoms with Crippen molar-refractivity contribution in [2.45, 2.75) is 26.3 Å². The maximum atomic E-state index is 6.07. The molecule has 7 nitrogen and oxygen atoms in total. The molecular weight excluding hydrogens is 254 g/mol. The fourth-order valence-electron chi connectivity index (χ4n) is 2.56. The summed E-state index contributed by atoms with van der Waals surface area (Å²) >= 11 is 0. The van der Waals surface area contributed by atoms with Gasteiger partial charge < -0.3 is 5.73 Å². The van der Waals surface area contributed by atoms with Crippen molar-refractivity contribution in [2.24, 2.45) is 14.1 Å². The summed E-state index contributed by atoms with van der Waals surface area (Å²) < 4.78 is 5.63. The zero-order chi connectivity index (χ0) is 14.3. The number of hydrogen-bond acceptors (Lipinski definition) is 4. The van der Waals surface area contributed by atoms with Crippen LogP contribution in [0.2, 0.25) is 0 Å². The van der Waals surface area contributed by atoms with Gasteiger partial charge in [0.15, 0.2) is 5.65 Å². The van der Waals surface area contributed by atoms with Crippen LogP contribution in [0.4, 0.5) is 5.95 Å². The van der Waals surface area contributed by atoms with E-state index < -0.39 is 0 Å². The lowest BCUT2D eigenvalue weighted by Gasteiger charge is -2.04. The first kappa shape index (κ1) is 12.7. The van der Waals surface area contributed by atoms with Gasteiger partial charge in [0.05, 0.1) is 18.4 Å². The molecule has 0 bridgehead atoms. The molecule has 3 heterocycles. The van der Waals surface area contributed by atoms with Gasteiger partial charge in [0.25, 0.3) is 0 Å². The zero-order valence-electron chi connectivity index (χ0n) is 12.0. The highest BCUT2D eigenvalue weighted by Crippen LogP contribution is 2.22. The highest BCUT2D eigenvalue weighted by molar-refractivity contribution is 5.77. The Morgan fingerprint density at radius 3 is 2.75 bits per heavy atom. The van der Waals surface area contributed by atoms with Gasteiger partial charge in [-0.05, 0) is 6.42 Å². The molecular formula is C13H19N7. The lowest BCUT2D eigenvalue weighted by atomic mass is 10.2. The molecule has 3 aromatic heterocycles. The molecule has 0 unspecified atom stereocenters. The Morgan fingerprint density at radius 1 is 1.30 bits per heavy atom. The lowest BCUT2D eigenvalue weighted by Crippen LogP contribution is -2.07. The van der Waals surface area contributed by atoms with Crippen LogP contribution in [0.3, 0.4) is 0 Å². The average molecular weight is 273 g/mol. The smallest absolute Gasteiger partial charge is 0.202 e. The van der Waals surface area contributed by atoms with E-state index in [0.29, 0.717) is 12.5 Å². The second-order valence-electron chi connectivity index (χ2n) is 5.07. The van der Waals surface area contributed by atoms with E-state index in [-0.39, 0.29) is 0 Å². The third kappa shape index (κ3) is 1.95. The maximum Gasteiger partial charge on any atom is 0.202 e. The average Bonchev–Trinajstić information content (AvgIpc) is 3.02. The lowest BCUT2D eigenvalue weighted by molar-refractivity contribution is 0.711. The van der Waals surface area contributed by atoms with Crippen LogP contribution < -0.4 is 5.73 Å². The first-order valence-corrected chi connectivity index (χ1v) is 6.75. The highest BCUT2D eigenvalue weighted by atomic mass is 15.3. The topological polar surface area (TPSA) is 79.5 Å². The molecule has 3 aromatic rings. The second-order valence-corrected chi connectivity index (χ2v) is 5.07. The number of rotatable bonds is 4. The number of aryl methyl sites for hydroxylation is 3. The van der Waals surface area contributed by atoms with Crippen molar-refractivity contribution < 1.29 is 0 Å². The Labute approximate surface area is 117 Å². The summed E-state index contributed by atoms with van der Waals surface area (Å²) in [6.07, 6.45) is 5.78. The van der Waals surface area contributed by atoms with Crippen molar-refractivity contribution >= 4 is 17.1 Å². The number of aromatic nitrogens is 6. The quantitative estimate of drug-likeness (QED) is 0.771. The summed E-state index contributed by atoms with van der Waals surface area (Å²) in [7, 11) is 3.84. The van der Waals surface area contributed by atoms with Crippen LogP contribution in [0.1, 0.15) is 24.6 Å². The number of hydrogen-bond donors (Lipinski definition) is 1. The molecule has 0 aliphatic carbocycles. The fourth-order valence-corrected chi connectivity index (χ4v) is 2.56. The summed E-state index contributed by atoms with van der Waals surface area (Å²) in [5.74, 6) is 0.522. The van der Waals surface area contributed by atoms with Gasteiger partial charge in [0.2, 0.25) is 5.95 Å². The monoisotopic (exact) mass is 273 g/mol. The fraction of sp³-hybridized carbons (Fsp3) is 0.462. The van der Waals surface area contributed by atoms with Crippen molar-refractivity contribution in [3.05, 3.63) is 23.7 Å². The summed E-state index contributed by atoms with van der Waals surface area (Å²) in [4.78, 5) is 4.49. The molecule has 0 aromatic carbocycles. The van der Waals surface area contributed by atoms with E-state index >= 15 is 0 Å². The minimum absolute atomic E-state index is 0.522. The molecule has 0 saturated carbocycles. The Bertz CT molecular complexity index is 746. The molecule has 0 spiro atoms. The van der Waals surface area contributed by atoms with Gasteiger partial charge in [-0.2, -0.15) is 10.2 Å². The molecule has 0 radical (unpaired) electrons. The summed E-state index contributed by atoms with van der Waals surface area (Å²) in [5.41, 5.74) is 10.1. The predicted octanol–water partition coefficient (Wildman–Crippen LogP) is 1.09. The second kappa shape index (κ2) is 4.66. The van der Waals surface area contributed by atoms with Crippen molar-refractivity contribution in [3.8, 4) is 0 Å². The largest absolute Gasteiger partial charge is 0.369 e. The van der Waals surface area contributed by atoms with E-state index in [4.69, 9.17) is 5.73 Å². The number of fused-ring (bicyclic) bond motifs is 1. The first-order chi connectivity index (χ1) is 9.60. The Hall–Kier alpha value is -2.31. The van der Waals surface area contributed by atoms with Crippen LogP contribution in [0, 0.1) is 0 Å². The van der Waals surface area contributed by atoms with Crippen molar-refractivity contribution in [1.82, 2.24) is 29.1 Å². The van der Waals surface area contributed by atoms with Crippen LogP contribution in [-0.2, 0) is 27.1 Å². The van der Waals surface area contributed by atoms with E-state index in [9.17, 15) is 0 Å². The van der Waals surface area contributed by atoms with E-state index in [1.54, 1.807) is 4.68 Å². The van der Waals surface area contributed by atoms with Gasteiger partial charge in [-0.15, -0.1) is 0 Å². The standard InChI is InChI=1S/C13H19N7/c1-4-5-10-11-12(19(3)17-10)20(13(14)16-11)8-9-6-15-18(2)7-9/h6-7H,4-5,8H2,1-3H3,(H2,14,16). The molecule has 0 saturated heterocycles. The van der Waals surface area contributed by atoms with Gasteiger partial charge in [-0.3, -0.25) is 13.9 Å². The third-order valence-electron chi connectivity index (χ3n) is 3.41. The molecule has 0 aliphatic rings. The minimum Gasteiger partial charge on any atom is -0.369 e. The van der Waals surface area contributed by atoms with Crippen molar-refractivity contribution in [2.75, 3.05) is 5.73 Å². The number of nitrogens with zero attached hydrogens (tertiary/aromatic N) is 6. The Morgan fingerprint density at radius 2 is 2.10 bits per heavy atom. The summed E-state index contributed by atoms with van der Waals surface area (Å²) in [6, 6.07) is 0. The Balaban J connectivity index is 2.08. The van der Waals surface area contributed by atoms with Gasteiger partial charge in [0.1, 0.15) is 5.52 Å². The SMILES string of the molecule is CCCc1nn(C)c2c1nc(N)n2Cc1cnn(C)c1. The van der Waals surface area contributed by atoms with Crippen LogP contribution >= 0.6 is 0 Å². The van der Waals surface area contributed by atoms with Crippen LogP contribution in [-0.4, -0.2) is 29.1 Å². The number of nitrogens with two attached hydrogens (primary N) is 1. The summed E-state index contributed by atoms with van der Waals surface area (Å²) in [6.45, 7) is 2.79. The molecule has 7 heteroatoms. The van der Waals surface area contributed by atoms with E-state index in [0.717, 1.165) is 35.3 Å². The number of anilines is 1. The molecule has 0 amide bonds. The first-order valence-electron chi connectivity index (χ1n) is 6.75. The molecule has 20 heavy (non-hydrogen) atoms. The molecule has 2 N–H and O–H groups in total. The van der Waals surface area contributed by atoms with Gasteiger partial charge >= 0.3 is 0 Å². The number of nitrogen functional groups attached to an aromatic ring is 1. The predicted molar refractivity (Wildman–Crippen MR) is 77.2 cm³/mol. The van der Waals surface area contributed by atoms with Gasteiger partial charge in [-0.1, -0.05) is 13.3 Å². The van der Waals surface area contributed by atoms with Crippen molar-refractivity contribution in [1.29, 1.82) is 0 Å². The molecule has 106 valence electrons. The summed E-state index contributed by atoms with van der Waals surface area (Å²) in [5, 5.41) is 8.73. The molecule has 0 fully saturated rings. The van der Waals surface area contributed by atoms with E-state index in [1.807, 2.05) is 35.7 Å². The maximum absolute atomic E-state index is 6.07. The zero-order valence-corrected chi connectivity index (χ0v) is 12.0. The molecule has 0 aliphatic heterocycles. The van der Waals surface area contributed by atoms with Gasteiger partial charge in [0, 0.05) is 25.9 Å². The molecule has 0 atom stereocenters. The third-order valence-corrected chi connectivity index (χ3v) is 3.41. The van der Waals surface area contributed by atoms with Crippen molar-refractivity contribution in [3.63, 3.8) is 0 Å². The normalized spacial score (nSPS) is 11.6. The van der Waals surface area contributed by atoms with Crippen LogP contribution in [0.25, 0.3) is 11.2 Å². The number of imidazole rings is 1. The Kier molecular flexibility index (Phi) is 2.96. The minimum atomic E-state index is 0.522. The van der Waals surface area contributed by atoms with E-state index in [2.05, 4.69) is 22.1 Å². The van der Waals surface area contributed by atoms with Crippen LogP contribution in [0.5, 0.6) is 0 Å². The van der Waals surface area contributed by atoms with Gasteiger partial charge in [-0.25, -0.2) is 4.98 Å². The van der Waals surface area contributed by atoms with Crippen LogP contribution in [0.15, 0.2) is 12.4 Å². The van der Waals surface area contributed by atoms with E-state index in [1.165, 1.54) is 0 Å². The highest BCUT2D eigenvalue weighted by Gasteiger charge is 2.17.